The van der Waals surface area contributed by atoms with Crippen LogP contribution in [0.3, 0.4) is 0 Å². The first kappa shape index (κ1) is 16.4. The van der Waals surface area contributed by atoms with Gasteiger partial charge in [0, 0.05) is 6.42 Å². The molecule has 110 valence electrons. The monoisotopic (exact) mass is 265 g/mol. The van der Waals surface area contributed by atoms with E-state index in [-0.39, 0.29) is 5.54 Å². The summed E-state index contributed by atoms with van der Waals surface area (Å²) in [5.74, 6) is 0.484. The molecule has 1 aliphatic rings. The van der Waals surface area contributed by atoms with Crippen molar-refractivity contribution in [1.29, 1.82) is 0 Å². The Morgan fingerprint density at radius 3 is 2.26 bits per heavy atom. The van der Waals surface area contributed by atoms with Gasteiger partial charge in [0.15, 0.2) is 5.78 Å². The maximum atomic E-state index is 12.7. The van der Waals surface area contributed by atoms with Crippen molar-refractivity contribution < 1.29 is 4.79 Å². The van der Waals surface area contributed by atoms with Gasteiger partial charge < -0.3 is 0 Å². The standard InChI is InChI=1S/C17H31NO/c1-4-5-6-7-10-13-16(19)17(18(2)3)14-11-8-9-12-15-17/h4H,1,5-15H2,2-3H3. The molecule has 0 bridgehead atoms. The van der Waals surface area contributed by atoms with Crippen LogP contribution in [0.1, 0.15) is 70.6 Å². The molecule has 2 nitrogen and oxygen atoms in total. The average Bonchev–Trinajstić information content (AvgIpc) is 2.64. The first-order valence-electron chi connectivity index (χ1n) is 7.95. The van der Waals surface area contributed by atoms with Crippen molar-refractivity contribution in [2.24, 2.45) is 0 Å². The van der Waals surface area contributed by atoms with Gasteiger partial charge in [0.25, 0.3) is 0 Å². The highest BCUT2D eigenvalue weighted by Crippen LogP contribution is 2.33. The number of rotatable bonds is 8. The number of carbonyl (C=O) groups is 1. The minimum atomic E-state index is -0.158. The number of ketones is 1. The summed E-state index contributed by atoms with van der Waals surface area (Å²) in [6.07, 6.45) is 14.3. The van der Waals surface area contributed by atoms with Crippen LogP contribution >= 0.6 is 0 Å². The zero-order chi connectivity index (χ0) is 14.1. The van der Waals surface area contributed by atoms with E-state index in [1.165, 1.54) is 32.1 Å². The van der Waals surface area contributed by atoms with Gasteiger partial charge in [-0.05, 0) is 46.2 Å². The molecule has 0 spiro atoms. The molecule has 19 heavy (non-hydrogen) atoms. The van der Waals surface area contributed by atoms with E-state index < -0.39 is 0 Å². The molecule has 0 atom stereocenters. The third-order valence-corrected chi connectivity index (χ3v) is 4.62. The second kappa shape index (κ2) is 8.52. The molecule has 0 aromatic rings. The van der Waals surface area contributed by atoms with Gasteiger partial charge in [0.05, 0.1) is 5.54 Å². The van der Waals surface area contributed by atoms with E-state index in [1.807, 2.05) is 6.08 Å². The van der Waals surface area contributed by atoms with Crippen molar-refractivity contribution >= 4 is 5.78 Å². The van der Waals surface area contributed by atoms with Crippen molar-refractivity contribution in [1.82, 2.24) is 4.90 Å². The van der Waals surface area contributed by atoms with Gasteiger partial charge in [-0.3, -0.25) is 9.69 Å². The summed E-state index contributed by atoms with van der Waals surface area (Å²) in [5.41, 5.74) is -0.158. The molecule has 1 saturated carbocycles. The maximum absolute atomic E-state index is 12.7. The summed E-state index contributed by atoms with van der Waals surface area (Å²) in [6.45, 7) is 3.74. The molecule has 0 N–H and O–H groups in total. The van der Waals surface area contributed by atoms with Gasteiger partial charge in [-0.25, -0.2) is 0 Å². The summed E-state index contributed by atoms with van der Waals surface area (Å²) in [5, 5.41) is 0. The van der Waals surface area contributed by atoms with Gasteiger partial charge >= 0.3 is 0 Å². The smallest absolute Gasteiger partial charge is 0.153 e. The minimum absolute atomic E-state index is 0.158. The lowest BCUT2D eigenvalue weighted by molar-refractivity contribution is -0.130. The third-order valence-electron chi connectivity index (χ3n) is 4.62. The summed E-state index contributed by atoms with van der Waals surface area (Å²) in [4.78, 5) is 14.9. The van der Waals surface area contributed by atoms with Crippen molar-refractivity contribution in [2.45, 2.75) is 76.2 Å². The van der Waals surface area contributed by atoms with Crippen LogP contribution in [0.15, 0.2) is 12.7 Å². The number of Topliss-reactive ketones (excluding diaryl/α,β-unsaturated/α-hetero) is 1. The lowest BCUT2D eigenvalue weighted by Crippen LogP contribution is -2.50. The number of unbranched alkanes of at least 4 members (excludes halogenated alkanes) is 3. The Labute approximate surface area is 119 Å². The summed E-state index contributed by atoms with van der Waals surface area (Å²) in [6, 6.07) is 0. The second-order valence-electron chi connectivity index (χ2n) is 6.15. The predicted octanol–water partition coefficient (Wildman–Crippen LogP) is 4.35. The van der Waals surface area contributed by atoms with Crippen molar-refractivity contribution in [3.63, 3.8) is 0 Å². The Morgan fingerprint density at radius 2 is 1.74 bits per heavy atom. The second-order valence-corrected chi connectivity index (χ2v) is 6.15. The fourth-order valence-corrected chi connectivity index (χ4v) is 3.27. The van der Waals surface area contributed by atoms with Crippen LogP contribution in [0, 0.1) is 0 Å². The molecule has 1 fully saturated rings. The zero-order valence-corrected chi connectivity index (χ0v) is 12.9. The van der Waals surface area contributed by atoms with Crippen molar-refractivity contribution in [2.75, 3.05) is 14.1 Å². The average molecular weight is 265 g/mol. The molecule has 0 unspecified atom stereocenters. The number of allylic oxidation sites excluding steroid dienone is 1. The highest BCUT2D eigenvalue weighted by molar-refractivity contribution is 5.88. The number of likely N-dealkylation sites (N-methyl/N-ethyl adjacent to an activating group) is 1. The number of hydrogen-bond acceptors (Lipinski definition) is 2. The minimum Gasteiger partial charge on any atom is -0.298 e. The zero-order valence-electron chi connectivity index (χ0n) is 12.9. The largest absolute Gasteiger partial charge is 0.298 e. The van der Waals surface area contributed by atoms with E-state index in [2.05, 4.69) is 25.6 Å². The van der Waals surface area contributed by atoms with E-state index in [0.717, 1.165) is 38.5 Å². The van der Waals surface area contributed by atoms with E-state index in [4.69, 9.17) is 0 Å². The summed E-state index contributed by atoms with van der Waals surface area (Å²) in [7, 11) is 4.17. The lowest BCUT2D eigenvalue weighted by atomic mass is 9.82. The lowest BCUT2D eigenvalue weighted by Gasteiger charge is -2.38. The first-order chi connectivity index (χ1) is 9.13. The highest BCUT2D eigenvalue weighted by Gasteiger charge is 2.39. The fraction of sp³-hybridized carbons (Fsp3) is 0.824. The quantitative estimate of drug-likeness (QED) is 0.369. The SMILES string of the molecule is C=CCCCCCC(=O)C1(N(C)C)CCCCCC1. The predicted molar refractivity (Wildman–Crippen MR) is 82.4 cm³/mol. The highest BCUT2D eigenvalue weighted by atomic mass is 16.1. The Morgan fingerprint density at radius 1 is 1.11 bits per heavy atom. The number of carbonyl (C=O) groups excluding carboxylic acids is 1. The van der Waals surface area contributed by atoms with Crippen molar-refractivity contribution in [3.8, 4) is 0 Å². The molecular formula is C17H31NO. The number of hydrogen-bond donors (Lipinski definition) is 0. The van der Waals surface area contributed by atoms with Crippen LogP contribution in [0.25, 0.3) is 0 Å². The topological polar surface area (TPSA) is 20.3 Å². The van der Waals surface area contributed by atoms with E-state index in [1.54, 1.807) is 0 Å². The van der Waals surface area contributed by atoms with Crippen LogP contribution < -0.4 is 0 Å². The molecule has 0 aromatic heterocycles. The molecule has 0 aromatic carbocycles. The van der Waals surface area contributed by atoms with Crippen LogP contribution in [-0.4, -0.2) is 30.3 Å². The third kappa shape index (κ3) is 4.76. The molecule has 0 aliphatic heterocycles. The van der Waals surface area contributed by atoms with Gasteiger partial charge in [0.2, 0.25) is 0 Å². The Hall–Kier alpha value is -0.630. The summed E-state index contributed by atoms with van der Waals surface area (Å²) >= 11 is 0. The fourth-order valence-electron chi connectivity index (χ4n) is 3.27. The van der Waals surface area contributed by atoms with E-state index in [0.29, 0.717) is 5.78 Å². The van der Waals surface area contributed by atoms with Crippen LogP contribution in [0.4, 0.5) is 0 Å². The molecule has 1 aliphatic carbocycles. The van der Waals surface area contributed by atoms with Gasteiger partial charge in [0.1, 0.15) is 0 Å². The molecule has 0 saturated heterocycles. The molecule has 2 heteroatoms. The van der Waals surface area contributed by atoms with E-state index in [9.17, 15) is 4.79 Å². The Bertz CT molecular complexity index is 275. The molecule has 0 heterocycles. The summed E-state index contributed by atoms with van der Waals surface area (Å²) < 4.78 is 0. The Balaban J connectivity index is 2.50. The van der Waals surface area contributed by atoms with Gasteiger partial charge in [-0.15, -0.1) is 6.58 Å². The molecule has 1 rings (SSSR count). The van der Waals surface area contributed by atoms with Gasteiger partial charge in [-0.1, -0.05) is 38.2 Å². The van der Waals surface area contributed by atoms with E-state index >= 15 is 0 Å². The Kier molecular flexibility index (Phi) is 7.37. The van der Waals surface area contributed by atoms with Crippen LogP contribution in [0.2, 0.25) is 0 Å². The molecule has 0 amide bonds. The normalized spacial score (nSPS) is 19.1. The first-order valence-corrected chi connectivity index (χ1v) is 7.95. The van der Waals surface area contributed by atoms with Crippen molar-refractivity contribution in [3.05, 3.63) is 12.7 Å². The molecule has 0 radical (unpaired) electrons. The van der Waals surface area contributed by atoms with Crippen LogP contribution in [0.5, 0.6) is 0 Å². The van der Waals surface area contributed by atoms with Crippen LogP contribution in [-0.2, 0) is 4.79 Å². The maximum Gasteiger partial charge on any atom is 0.153 e. The van der Waals surface area contributed by atoms with Gasteiger partial charge in [-0.2, -0.15) is 0 Å². The molecular weight excluding hydrogens is 234 g/mol. The number of nitrogens with zero attached hydrogens (tertiary/aromatic N) is 1.